The molecule has 0 radical (unpaired) electrons. The van der Waals surface area contributed by atoms with Gasteiger partial charge in [-0.1, -0.05) is 46.3 Å². The number of hydrogen-bond donors (Lipinski definition) is 1. The molecule has 3 aliphatic heterocycles. The number of aliphatic hydroxyl groups is 1. The van der Waals surface area contributed by atoms with Gasteiger partial charge in [-0.2, -0.15) is 0 Å². The van der Waals surface area contributed by atoms with E-state index in [2.05, 4.69) is 27.9 Å². The van der Waals surface area contributed by atoms with Gasteiger partial charge < -0.3 is 14.6 Å². The molecule has 24 heavy (non-hydrogen) atoms. The molecule has 0 saturated carbocycles. The quantitative estimate of drug-likeness (QED) is 0.477. The number of aliphatic hydroxyl groups excluding tert-OH is 1. The van der Waals surface area contributed by atoms with Crippen LogP contribution in [0.25, 0.3) is 0 Å². The van der Waals surface area contributed by atoms with Crippen molar-refractivity contribution in [3.05, 3.63) is 35.9 Å². The van der Waals surface area contributed by atoms with E-state index < -0.39 is 5.92 Å². The van der Waals surface area contributed by atoms with Gasteiger partial charge in [0.1, 0.15) is 24.2 Å². The molecule has 1 aromatic rings. The molecule has 3 aliphatic rings. The Morgan fingerprint density at radius 1 is 1.29 bits per heavy atom. The van der Waals surface area contributed by atoms with Crippen LogP contribution in [0.3, 0.4) is 0 Å². The number of alkyl halides is 1. The highest BCUT2D eigenvalue weighted by atomic mass is 79.9. The van der Waals surface area contributed by atoms with E-state index in [0.29, 0.717) is 24.3 Å². The molecule has 0 spiro atoms. The van der Waals surface area contributed by atoms with Crippen molar-refractivity contribution in [1.82, 2.24) is 4.90 Å². The molecular formula is C18H24BrNO4. The van der Waals surface area contributed by atoms with Gasteiger partial charge in [-0.3, -0.25) is 9.69 Å². The van der Waals surface area contributed by atoms with Gasteiger partial charge in [-0.05, 0) is 18.4 Å². The molecule has 1 N–H and O–H groups in total. The molecule has 4 rings (SSSR count). The van der Waals surface area contributed by atoms with Gasteiger partial charge in [0, 0.05) is 24.9 Å². The van der Waals surface area contributed by atoms with Crippen LogP contribution in [0.15, 0.2) is 30.3 Å². The molecule has 0 aliphatic carbocycles. The predicted octanol–water partition coefficient (Wildman–Crippen LogP) is 1.93. The van der Waals surface area contributed by atoms with E-state index in [0.717, 1.165) is 18.4 Å². The molecule has 6 heteroatoms. The van der Waals surface area contributed by atoms with E-state index in [9.17, 15) is 9.90 Å². The first-order valence-corrected chi connectivity index (χ1v) is 9.89. The number of ether oxygens (including phenoxy) is 2. The van der Waals surface area contributed by atoms with Crippen molar-refractivity contribution in [2.45, 2.75) is 49.2 Å². The molecule has 0 amide bonds. The summed E-state index contributed by atoms with van der Waals surface area (Å²) < 4.78 is 11.4. The van der Waals surface area contributed by atoms with Crippen LogP contribution in [0, 0.1) is 0 Å². The summed E-state index contributed by atoms with van der Waals surface area (Å²) in [5.41, 5.74) is 0.803. The molecule has 1 aromatic carbocycles. The highest BCUT2D eigenvalue weighted by Gasteiger charge is 2.62. The minimum atomic E-state index is -0.593. The van der Waals surface area contributed by atoms with E-state index >= 15 is 0 Å². The first-order valence-electron chi connectivity index (χ1n) is 8.30. The van der Waals surface area contributed by atoms with E-state index in [1.807, 2.05) is 36.2 Å². The second-order valence-corrected chi connectivity index (χ2v) is 6.54. The van der Waals surface area contributed by atoms with E-state index in [4.69, 9.17) is 9.47 Å². The maximum atomic E-state index is 12.4. The Kier molecular flexibility index (Phi) is 5.59. The van der Waals surface area contributed by atoms with Crippen LogP contribution in [0.4, 0.5) is 0 Å². The summed E-state index contributed by atoms with van der Waals surface area (Å²) in [5.74, 6) is 0.897. The second-order valence-electron chi connectivity index (χ2n) is 6.54. The fraction of sp³-hybridized carbons (Fsp3) is 0.611. The summed E-state index contributed by atoms with van der Waals surface area (Å²) in [5, 5.41) is 9.56. The summed E-state index contributed by atoms with van der Waals surface area (Å²) >= 11 is 2.94. The van der Waals surface area contributed by atoms with Crippen LogP contribution in [-0.2, 0) is 14.3 Å². The number of carbonyl (C=O) groups excluding carboxylic acids is 1. The number of likely N-dealkylation sites (N-methyl/N-ethyl adjacent to an activating group) is 1. The molecule has 3 saturated heterocycles. The van der Waals surface area contributed by atoms with Crippen molar-refractivity contribution in [1.29, 1.82) is 0 Å². The Balaban J connectivity index is 0.000000815. The van der Waals surface area contributed by atoms with Crippen molar-refractivity contribution in [2.75, 3.05) is 19.5 Å². The number of rotatable bonds is 4. The smallest absolute Gasteiger partial charge is 0.316 e. The minimum Gasteiger partial charge on any atom is -0.462 e. The average molecular weight is 398 g/mol. The average Bonchev–Trinajstić information content (AvgIpc) is 3.36. The van der Waals surface area contributed by atoms with Gasteiger partial charge in [0.05, 0.1) is 6.61 Å². The lowest BCUT2D eigenvalue weighted by molar-refractivity contribution is -0.156. The third kappa shape index (κ3) is 3.25. The first kappa shape index (κ1) is 17.9. The molecular weight excluding hydrogens is 374 g/mol. The zero-order valence-electron chi connectivity index (χ0n) is 14.0. The molecule has 2 bridgehead atoms. The number of esters is 1. The topological polar surface area (TPSA) is 62.3 Å². The Labute approximate surface area is 151 Å². The van der Waals surface area contributed by atoms with Crippen LogP contribution in [-0.4, -0.2) is 65.9 Å². The zero-order valence-corrected chi connectivity index (χ0v) is 15.6. The van der Waals surface area contributed by atoms with Crippen molar-refractivity contribution >= 4 is 21.9 Å². The van der Waals surface area contributed by atoms with E-state index in [1.165, 1.54) is 0 Å². The number of morpholine rings is 1. The Morgan fingerprint density at radius 3 is 2.42 bits per heavy atom. The van der Waals surface area contributed by atoms with Gasteiger partial charge in [0.25, 0.3) is 0 Å². The van der Waals surface area contributed by atoms with Crippen LogP contribution in [0.1, 0.15) is 24.3 Å². The minimum absolute atomic E-state index is 0.0622. The first-order chi connectivity index (χ1) is 11.7. The number of hydrogen-bond acceptors (Lipinski definition) is 5. The Bertz CT molecular complexity index is 551. The van der Waals surface area contributed by atoms with Gasteiger partial charge in [-0.25, -0.2) is 0 Å². The van der Waals surface area contributed by atoms with E-state index in [-0.39, 0.29) is 18.7 Å². The third-order valence-corrected chi connectivity index (χ3v) is 5.33. The molecule has 6 atom stereocenters. The highest BCUT2D eigenvalue weighted by molar-refractivity contribution is 9.08. The molecule has 0 unspecified atom stereocenters. The molecule has 3 heterocycles. The normalized spacial score (nSPS) is 34.6. The lowest BCUT2D eigenvalue weighted by atomic mass is 9.97. The highest BCUT2D eigenvalue weighted by Crippen LogP contribution is 2.48. The largest absolute Gasteiger partial charge is 0.462 e. The van der Waals surface area contributed by atoms with Gasteiger partial charge >= 0.3 is 5.97 Å². The zero-order chi connectivity index (χ0) is 17.3. The van der Waals surface area contributed by atoms with Crippen molar-refractivity contribution in [2.24, 2.45) is 0 Å². The van der Waals surface area contributed by atoms with Crippen molar-refractivity contribution in [3.63, 3.8) is 0 Å². The van der Waals surface area contributed by atoms with Crippen LogP contribution in [0.5, 0.6) is 0 Å². The maximum Gasteiger partial charge on any atom is 0.316 e. The van der Waals surface area contributed by atoms with Crippen LogP contribution < -0.4 is 0 Å². The standard InChI is InChI=1S/C17H21NO4.CH3Br/c1-18-13-7-11(8-14(18)16-15(13)22-16)21-17(20)12(9-19)10-5-3-2-4-6-10;1-2/h2-6,11-16,19H,7-9H2,1H3;1H3/t11-,12-,13-,14+,15-,16+;/m1./s1. The van der Waals surface area contributed by atoms with Gasteiger partial charge in [0.2, 0.25) is 0 Å². The lowest BCUT2D eigenvalue weighted by Gasteiger charge is -2.38. The number of halogens is 1. The van der Waals surface area contributed by atoms with Crippen molar-refractivity contribution < 1.29 is 19.4 Å². The van der Waals surface area contributed by atoms with Gasteiger partial charge in [0.15, 0.2) is 0 Å². The van der Waals surface area contributed by atoms with Gasteiger partial charge in [-0.15, -0.1) is 0 Å². The summed E-state index contributed by atoms with van der Waals surface area (Å²) in [6.07, 6.45) is 2.26. The Morgan fingerprint density at radius 2 is 1.88 bits per heavy atom. The monoisotopic (exact) mass is 397 g/mol. The second kappa shape index (κ2) is 7.52. The fourth-order valence-corrected chi connectivity index (χ4v) is 4.04. The fourth-order valence-electron chi connectivity index (χ4n) is 4.04. The molecule has 3 fully saturated rings. The van der Waals surface area contributed by atoms with Crippen LogP contribution >= 0.6 is 15.9 Å². The Hall–Kier alpha value is -0.950. The summed E-state index contributed by atoms with van der Waals surface area (Å²) in [4.78, 5) is 14.8. The lowest BCUT2D eigenvalue weighted by Crippen LogP contribution is -2.48. The van der Waals surface area contributed by atoms with E-state index in [1.54, 1.807) is 0 Å². The molecule has 0 aromatic heterocycles. The third-order valence-electron chi connectivity index (χ3n) is 5.33. The SMILES string of the molecule is CBr.CN1[C@@H]2C[C@@H](OC(=O)[C@H](CO)c3ccccc3)C[C@H]1[C@@H]1O[C@@H]12. The number of fused-ring (bicyclic) bond motifs is 5. The molecule has 5 nitrogen and oxygen atoms in total. The summed E-state index contributed by atoms with van der Waals surface area (Å²) in [6, 6.07) is 10.1. The summed E-state index contributed by atoms with van der Waals surface area (Å²) in [6.45, 7) is -0.226. The number of benzene rings is 1. The number of nitrogens with zero attached hydrogens (tertiary/aromatic N) is 1. The number of epoxide rings is 1. The number of carbonyl (C=O) groups is 1. The number of piperidine rings is 1. The maximum absolute atomic E-state index is 12.4. The predicted molar refractivity (Wildman–Crippen MR) is 94.2 cm³/mol. The molecule has 132 valence electrons. The summed E-state index contributed by atoms with van der Waals surface area (Å²) in [7, 11) is 2.13. The van der Waals surface area contributed by atoms with Crippen LogP contribution in [0.2, 0.25) is 0 Å². The van der Waals surface area contributed by atoms with Crippen molar-refractivity contribution in [3.8, 4) is 0 Å².